The van der Waals surface area contributed by atoms with Crippen molar-refractivity contribution in [1.29, 1.82) is 0 Å². The fourth-order valence-corrected chi connectivity index (χ4v) is 3.79. The summed E-state index contributed by atoms with van der Waals surface area (Å²) in [5, 5.41) is 6.08. The van der Waals surface area contributed by atoms with E-state index in [0.29, 0.717) is 16.9 Å². The van der Waals surface area contributed by atoms with Gasteiger partial charge in [0.1, 0.15) is 0 Å². The summed E-state index contributed by atoms with van der Waals surface area (Å²) in [6, 6.07) is 14.6. The van der Waals surface area contributed by atoms with Gasteiger partial charge in [0.2, 0.25) is 5.95 Å². The summed E-state index contributed by atoms with van der Waals surface area (Å²) in [7, 11) is 0. The van der Waals surface area contributed by atoms with Gasteiger partial charge in [0.25, 0.3) is 5.91 Å². The normalized spacial score (nSPS) is 13.2. The Morgan fingerprint density at radius 3 is 2.61 bits per heavy atom. The third-order valence-electron chi connectivity index (χ3n) is 4.90. The molecule has 0 spiro atoms. The zero-order valence-electron chi connectivity index (χ0n) is 17.1. The van der Waals surface area contributed by atoms with Crippen LogP contribution in [-0.2, 0) is 0 Å². The van der Waals surface area contributed by atoms with Crippen molar-refractivity contribution in [1.82, 2.24) is 14.9 Å². The topological polar surface area (TPSA) is 82.2 Å². The van der Waals surface area contributed by atoms with Crippen LogP contribution in [0.15, 0.2) is 54.7 Å². The van der Waals surface area contributed by atoms with Crippen molar-refractivity contribution < 1.29 is 9.18 Å². The molecular weight excluding hydrogens is 415 g/mol. The molecule has 0 radical (unpaired) electrons. The van der Waals surface area contributed by atoms with E-state index in [1.807, 2.05) is 41.5 Å². The number of para-hydroxylation sites is 2. The minimum Gasteiger partial charge on any atom is -0.339 e. The zero-order valence-corrected chi connectivity index (χ0v) is 17.9. The summed E-state index contributed by atoms with van der Waals surface area (Å²) in [5.41, 5.74) is 2.77. The van der Waals surface area contributed by atoms with Gasteiger partial charge in [-0.25, -0.2) is 9.37 Å². The van der Waals surface area contributed by atoms with Crippen LogP contribution in [0.25, 0.3) is 0 Å². The van der Waals surface area contributed by atoms with Gasteiger partial charge in [0, 0.05) is 30.6 Å². The van der Waals surface area contributed by atoms with E-state index in [1.165, 1.54) is 11.9 Å². The van der Waals surface area contributed by atoms with Crippen molar-refractivity contribution >= 4 is 46.7 Å². The van der Waals surface area contributed by atoms with Gasteiger partial charge in [0.05, 0.1) is 17.6 Å². The molecule has 3 N–H and O–H groups in total. The lowest BCUT2D eigenvalue weighted by molar-refractivity contribution is 0.0793. The van der Waals surface area contributed by atoms with Crippen LogP contribution in [0.3, 0.4) is 0 Å². The number of anilines is 5. The summed E-state index contributed by atoms with van der Waals surface area (Å²) in [5.74, 6) is -0.272. The van der Waals surface area contributed by atoms with Crippen LogP contribution >= 0.6 is 11.9 Å². The Morgan fingerprint density at radius 2 is 1.84 bits per heavy atom. The number of nitrogens with zero attached hydrogens (tertiary/aromatic N) is 3. The van der Waals surface area contributed by atoms with E-state index < -0.39 is 5.82 Å². The second-order valence-corrected chi connectivity index (χ2v) is 7.68. The van der Waals surface area contributed by atoms with Gasteiger partial charge < -0.3 is 20.3 Å². The van der Waals surface area contributed by atoms with E-state index >= 15 is 0 Å². The van der Waals surface area contributed by atoms with E-state index in [0.717, 1.165) is 37.8 Å². The molecule has 7 nitrogen and oxygen atoms in total. The van der Waals surface area contributed by atoms with Crippen molar-refractivity contribution in [2.24, 2.45) is 0 Å². The highest BCUT2D eigenvalue weighted by Crippen LogP contribution is 2.28. The number of amides is 1. The van der Waals surface area contributed by atoms with E-state index in [2.05, 4.69) is 25.3 Å². The van der Waals surface area contributed by atoms with Crippen molar-refractivity contribution in [3.63, 3.8) is 0 Å². The number of carbonyl (C=O) groups excluding carboxylic acids is 1. The summed E-state index contributed by atoms with van der Waals surface area (Å²) < 4.78 is 17.5. The maximum atomic E-state index is 14.4. The van der Waals surface area contributed by atoms with Gasteiger partial charge in [-0.3, -0.25) is 4.79 Å². The van der Waals surface area contributed by atoms with Crippen LogP contribution in [-0.4, -0.2) is 40.1 Å². The lowest BCUT2D eigenvalue weighted by atomic mass is 10.2. The Labute approximate surface area is 184 Å². The summed E-state index contributed by atoms with van der Waals surface area (Å²) in [6.45, 7) is 1.58. The molecule has 1 aliphatic heterocycles. The number of aromatic nitrogens is 2. The summed E-state index contributed by atoms with van der Waals surface area (Å²) in [4.78, 5) is 22.8. The second-order valence-electron chi connectivity index (χ2n) is 7.07. The van der Waals surface area contributed by atoms with Crippen LogP contribution in [0.5, 0.6) is 0 Å². The smallest absolute Gasteiger partial charge is 0.253 e. The standard InChI is InChI=1S/C22H23FN6OS/c1-31-28-19-10-3-2-9-18(19)26-20-17(23)14-24-22(27-20)25-16-8-6-7-15(13-16)21(30)29-11-4-5-12-29/h2-3,6-10,13-14,28H,4-5,11-12H2,1H3,(H2,24,25,26,27). The highest BCUT2D eigenvalue weighted by Gasteiger charge is 2.19. The van der Waals surface area contributed by atoms with E-state index in [4.69, 9.17) is 0 Å². The number of hydrogen-bond acceptors (Lipinski definition) is 7. The maximum Gasteiger partial charge on any atom is 0.253 e. The number of nitrogens with one attached hydrogen (secondary N) is 3. The monoisotopic (exact) mass is 438 g/mol. The second kappa shape index (κ2) is 9.65. The average Bonchev–Trinajstić information content (AvgIpc) is 3.32. The Hall–Kier alpha value is -3.33. The Bertz CT molecular complexity index is 1070. The highest BCUT2D eigenvalue weighted by atomic mass is 32.2. The molecular formula is C22H23FN6OS. The molecule has 0 atom stereocenters. The first kappa shape index (κ1) is 20.9. The SMILES string of the molecule is CSNc1ccccc1Nc1nc(Nc2cccc(C(=O)N3CCCC3)c2)ncc1F. The van der Waals surface area contributed by atoms with Gasteiger partial charge >= 0.3 is 0 Å². The molecule has 1 aromatic heterocycles. The summed E-state index contributed by atoms with van der Waals surface area (Å²) >= 11 is 1.44. The minimum atomic E-state index is -0.567. The Balaban J connectivity index is 1.53. The van der Waals surface area contributed by atoms with E-state index in [1.54, 1.807) is 18.2 Å². The third-order valence-corrected chi connectivity index (χ3v) is 5.32. The largest absolute Gasteiger partial charge is 0.339 e. The predicted molar refractivity (Wildman–Crippen MR) is 124 cm³/mol. The molecule has 1 fully saturated rings. The molecule has 0 aliphatic carbocycles. The first-order valence-corrected chi connectivity index (χ1v) is 11.2. The van der Waals surface area contributed by atoms with Gasteiger partial charge in [-0.2, -0.15) is 4.98 Å². The van der Waals surface area contributed by atoms with Crippen molar-refractivity contribution in [2.75, 3.05) is 34.7 Å². The van der Waals surface area contributed by atoms with Crippen molar-refractivity contribution in [2.45, 2.75) is 12.8 Å². The molecule has 2 heterocycles. The van der Waals surface area contributed by atoms with Crippen LogP contribution in [0, 0.1) is 5.82 Å². The van der Waals surface area contributed by atoms with Crippen molar-refractivity contribution in [3.8, 4) is 0 Å². The van der Waals surface area contributed by atoms with Crippen LogP contribution in [0.2, 0.25) is 0 Å². The molecule has 1 aliphatic rings. The first-order chi connectivity index (χ1) is 15.1. The number of likely N-dealkylation sites (tertiary alicyclic amines) is 1. The predicted octanol–water partition coefficient (Wildman–Crippen LogP) is 5.03. The quantitative estimate of drug-likeness (QED) is 0.446. The van der Waals surface area contributed by atoms with Gasteiger partial charge in [-0.05, 0) is 43.2 Å². The molecule has 0 bridgehead atoms. The highest BCUT2D eigenvalue weighted by molar-refractivity contribution is 7.99. The van der Waals surface area contributed by atoms with Crippen molar-refractivity contribution in [3.05, 3.63) is 66.1 Å². The lowest BCUT2D eigenvalue weighted by Crippen LogP contribution is -2.27. The summed E-state index contributed by atoms with van der Waals surface area (Å²) in [6.07, 6.45) is 5.10. The molecule has 0 saturated carbocycles. The molecule has 1 amide bonds. The average molecular weight is 439 g/mol. The number of carbonyl (C=O) groups is 1. The maximum absolute atomic E-state index is 14.4. The molecule has 4 rings (SSSR count). The Morgan fingerprint density at radius 1 is 1.06 bits per heavy atom. The molecule has 0 unspecified atom stereocenters. The van der Waals surface area contributed by atoms with Crippen LogP contribution in [0.4, 0.5) is 33.2 Å². The van der Waals surface area contributed by atoms with Gasteiger partial charge in [0.15, 0.2) is 11.6 Å². The van der Waals surface area contributed by atoms with E-state index in [9.17, 15) is 9.18 Å². The zero-order chi connectivity index (χ0) is 21.6. The molecule has 2 aromatic carbocycles. The molecule has 9 heteroatoms. The Kier molecular flexibility index (Phi) is 6.51. The van der Waals surface area contributed by atoms with Crippen LogP contribution in [0.1, 0.15) is 23.2 Å². The first-order valence-electron chi connectivity index (χ1n) is 9.98. The lowest BCUT2D eigenvalue weighted by Gasteiger charge is -2.16. The molecule has 1 saturated heterocycles. The fourth-order valence-electron chi connectivity index (χ4n) is 3.40. The van der Waals surface area contributed by atoms with Crippen LogP contribution < -0.4 is 15.4 Å². The third kappa shape index (κ3) is 5.05. The minimum absolute atomic E-state index is 0.0152. The van der Waals surface area contributed by atoms with E-state index in [-0.39, 0.29) is 17.7 Å². The van der Waals surface area contributed by atoms with Gasteiger partial charge in [-0.15, -0.1) is 0 Å². The molecule has 3 aromatic rings. The number of hydrogen-bond donors (Lipinski definition) is 3. The van der Waals surface area contributed by atoms with Gasteiger partial charge in [-0.1, -0.05) is 30.1 Å². The number of benzene rings is 2. The number of halogens is 1. The fraction of sp³-hybridized carbons (Fsp3) is 0.227. The molecule has 31 heavy (non-hydrogen) atoms. The number of rotatable bonds is 7. The molecule has 160 valence electrons.